The van der Waals surface area contributed by atoms with Crippen molar-refractivity contribution in [2.75, 3.05) is 5.75 Å². The number of nitrogens with zero attached hydrogens (tertiary/aromatic N) is 2. The molecular weight excluding hydrogens is 356 g/mol. The van der Waals surface area contributed by atoms with E-state index in [1.54, 1.807) is 10.6 Å². The van der Waals surface area contributed by atoms with Crippen molar-refractivity contribution in [1.29, 1.82) is 0 Å². The maximum atomic E-state index is 12.9. The molecule has 3 aromatic rings. The van der Waals surface area contributed by atoms with Gasteiger partial charge in [0.15, 0.2) is 10.9 Å². The summed E-state index contributed by atoms with van der Waals surface area (Å²) in [5, 5.41) is 1.19. The molecule has 0 saturated carbocycles. The number of carbonyl (C=O) groups is 1. The first kappa shape index (κ1) is 19.4. The monoisotopic (exact) mass is 380 g/mol. The first-order valence-electron chi connectivity index (χ1n) is 9.04. The number of aromatic nitrogens is 2. The second-order valence-electron chi connectivity index (χ2n) is 7.17. The molecule has 27 heavy (non-hydrogen) atoms. The lowest BCUT2D eigenvalue weighted by Gasteiger charge is -2.16. The molecule has 0 aliphatic carbocycles. The molecule has 1 heterocycles. The van der Waals surface area contributed by atoms with Gasteiger partial charge in [-0.2, -0.15) is 0 Å². The summed E-state index contributed by atoms with van der Waals surface area (Å²) in [4.78, 5) is 30.4. The number of carbonyl (C=O) groups excluding carboxylic acids is 1. The molecule has 3 rings (SSSR count). The highest BCUT2D eigenvalue weighted by Gasteiger charge is 2.18. The molecule has 0 fully saturated rings. The number of benzene rings is 2. The number of Topliss-reactive ketones (excluding diaryl/α,β-unsaturated/α-hetero) is 1. The van der Waals surface area contributed by atoms with E-state index in [-0.39, 0.29) is 23.1 Å². The minimum absolute atomic E-state index is 0.0324. The van der Waals surface area contributed by atoms with Crippen molar-refractivity contribution >= 4 is 28.4 Å². The molecule has 0 bridgehead atoms. The lowest BCUT2D eigenvalue weighted by atomic mass is 9.97. The average Bonchev–Trinajstić information content (AvgIpc) is 2.58. The first-order chi connectivity index (χ1) is 12.8. The number of hydrogen-bond donors (Lipinski definition) is 0. The predicted octanol–water partition coefficient (Wildman–Crippen LogP) is 4.88. The zero-order valence-electron chi connectivity index (χ0n) is 16.4. The van der Waals surface area contributed by atoms with E-state index in [1.165, 1.54) is 11.8 Å². The highest BCUT2D eigenvalue weighted by atomic mass is 32.2. The zero-order valence-corrected chi connectivity index (χ0v) is 17.2. The van der Waals surface area contributed by atoms with Crippen molar-refractivity contribution in [2.45, 2.75) is 45.8 Å². The minimum Gasteiger partial charge on any atom is -0.293 e. The number of hydrogen-bond acceptors (Lipinski definition) is 4. The van der Waals surface area contributed by atoms with Crippen LogP contribution in [0.15, 0.2) is 46.3 Å². The van der Waals surface area contributed by atoms with Crippen LogP contribution in [0.5, 0.6) is 0 Å². The topological polar surface area (TPSA) is 52.0 Å². The van der Waals surface area contributed by atoms with Crippen LogP contribution < -0.4 is 5.56 Å². The van der Waals surface area contributed by atoms with Gasteiger partial charge in [0.05, 0.1) is 16.7 Å². The summed E-state index contributed by atoms with van der Waals surface area (Å²) in [5.74, 6) is 0.315. The van der Waals surface area contributed by atoms with E-state index in [4.69, 9.17) is 0 Å². The van der Waals surface area contributed by atoms with Crippen LogP contribution in [0.1, 0.15) is 46.9 Å². The molecule has 5 heteroatoms. The second kappa shape index (κ2) is 7.69. The van der Waals surface area contributed by atoms with Gasteiger partial charge in [-0.1, -0.05) is 41.6 Å². The van der Waals surface area contributed by atoms with Crippen LogP contribution in [0.25, 0.3) is 10.9 Å². The molecule has 0 N–H and O–H groups in total. The van der Waals surface area contributed by atoms with E-state index >= 15 is 0 Å². The van der Waals surface area contributed by atoms with Gasteiger partial charge < -0.3 is 0 Å². The summed E-state index contributed by atoms with van der Waals surface area (Å²) in [6.45, 7) is 9.88. The van der Waals surface area contributed by atoms with E-state index in [2.05, 4.69) is 4.98 Å². The molecule has 140 valence electrons. The Balaban J connectivity index is 1.97. The molecule has 2 aromatic carbocycles. The number of ketones is 1. The van der Waals surface area contributed by atoms with E-state index in [0.29, 0.717) is 16.1 Å². The fourth-order valence-corrected chi connectivity index (χ4v) is 4.51. The largest absolute Gasteiger partial charge is 0.293 e. The quantitative estimate of drug-likeness (QED) is 0.360. The molecule has 0 amide bonds. The van der Waals surface area contributed by atoms with Crippen LogP contribution in [0.2, 0.25) is 0 Å². The van der Waals surface area contributed by atoms with Crippen LogP contribution in [-0.4, -0.2) is 21.1 Å². The second-order valence-corrected chi connectivity index (χ2v) is 8.11. The first-order valence-corrected chi connectivity index (χ1v) is 10.0. The van der Waals surface area contributed by atoms with Crippen molar-refractivity contribution in [2.24, 2.45) is 0 Å². The van der Waals surface area contributed by atoms with E-state index < -0.39 is 0 Å². The maximum absolute atomic E-state index is 12.9. The van der Waals surface area contributed by atoms with Crippen LogP contribution in [0, 0.1) is 20.8 Å². The maximum Gasteiger partial charge on any atom is 0.262 e. The van der Waals surface area contributed by atoms with Crippen molar-refractivity contribution < 1.29 is 4.79 Å². The number of thioether (sulfide) groups is 1. The van der Waals surface area contributed by atoms with Gasteiger partial charge >= 0.3 is 0 Å². The Hall–Kier alpha value is -2.40. The minimum atomic E-state index is -0.0618. The van der Waals surface area contributed by atoms with Crippen molar-refractivity contribution in [3.63, 3.8) is 0 Å². The highest BCUT2D eigenvalue weighted by molar-refractivity contribution is 7.99. The fourth-order valence-electron chi connectivity index (χ4n) is 3.50. The lowest BCUT2D eigenvalue weighted by molar-refractivity contribution is 0.102. The zero-order chi connectivity index (χ0) is 19.7. The molecular formula is C22H24N2O2S. The Kier molecular flexibility index (Phi) is 5.51. The third-order valence-corrected chi connectivity index (χ3v) is 5.53. The summed E-state index contributed by atoms with van der Waals surface area (Å²) in [7, 11) is 0. The van der Waals surface area contributed by atoms with Gasteiger partial charge in [0, 0.05) is 11.6 Å². The number of aryl methyl sites for hydroxylation is 3. The molecule has 0 aliphatic heterocycles. The van der Waals surface area contributed by atoms with Crippen LogP contribution in [0.3, 0.4) is 0 Å². The van der Waals surface area contributed by atoms with Gasteiger partial charge in [-0.3, -0.25) is 14.2 Å². The van der Waals surface area contributed by atoms with Crippen LogP contribution in [0.4, 0.5) is 0 Å². The van der Waals surface area contributed by atoms with Gasteiger partial charge in [0.25, 0.3) is 5.56 Å². The summed E-state index contributed by atoms with van der Waals surface area (Å²) in [5.41, 5.74) is 4.51. The predicted molar refractivity (Wildman–Crippen MR) is 112 cm³/mol. The molecule has 0 unspecified atom stereocenters. The Labute approximate surface area is 163 Å². The van der Waals surface area contributed by atoms with E-state index in [1.807, 2.05) is 65.0 Å². The average molecular weight is 381 g/mol. The number of rotatable bonds is 5. The van der Waals surface area contributed by atoms with E-state index in [9.17, 15) is 9.59 Å². The van der Waals surface area contributed by atoms with Crippen molar-refractivity contribution in [3.8, 4) is 0 Å². The van der Waals surface area contributed by atoms with Gasteiger partial charge in [-0.25, -0.2) is 4.98 Å². The molecule has 0 radical (unpaired) electrons. The van der Waals surface area contributed by atoms with Gasteiger partial charge in [-0.05, 0) is 57.9 Å². The smallest absolute Gasteiger partial charge is 0.262 e. The SMILES string of the molecule is Cc1cc(C)c(C(=O)CSc2nc3ccccc3c(=O)n2C(C)C)c(C)c1. The molecule has 4 nitrogen and oxygen atoms in total. The Morgan fingerprint density at radius 2 is 1.74 bits per heavy atom. The fraction of sp³-hybridized carbons (Fsp3) is 0.318. The highest BCUT2D eigenvalue weighted by Crippen LogP contribution is 2.24. The molecule has 0 atom stereocenters. The standard InChI is InChI=1S/C22H24N2O2S/c1-13(2)24-21(26)17-8-6-7-9-18(17)23-22(24)27-12-19(25)20-15(4)10-14(3)11-16(20)5/h6-11,13H,12H2,1-5H3. The molecule has 0 saturated heterocycles. The lowest BCUT2D eigenvalue weighted by Crippen LogP contribution is -2.25. The van der Waals surface area contributed by atoms with Gasteiger partial charge in [0.2, 0.25) is 0 Å². The summed E-state index contributed by atoms with van der Waals surface area (Å²) >= 11 is 1.33. The normalized spacial score (nSPS) is 11.3. The number of para-hydroxylation sites is 1. The summed E-state index contributed by atoms with van der Waals surface area (Å²) < 4.78 is 1.68. The van der Waals surface area contributed by atoms with Crippen LogP contribution in [-0.2, 0) is 0 Å². The third kappa shape index (κ3) is 3.83. The molecule has 1 aromatic heterocycles. The van der Waals surface area contributed by atoms with Crippen LogP contribution >= 0.6 is 11.8 Å². The van der Waals surface area contributed by atoms with E-state index in [0.717, 1.165) is 22.3 Å². The molecule has 0 aliphatic rings. The Morgan fingerprint density at radius 3 is 2.37 bits per heavy atom. The van der Waals surface area contributed by atoms with Gasteiger partial charge in [-0.15, -0.1) is 0 Å². The summed E-state index contributed by atoms with van der Waals surface area (Å²) in [6, 6.07) is 11.4. The third-order valence-electron chi connectivity index (χ3n) is 4.58. The van der Waals surface area contributed by atoms with Gasteiger partial charge in [0.1, 0.15) is 0 Å². The Bertz CT molecular complexity index is 1060. The number of fused-ring (bicyclic) bond motifs is 1. The van der Waals surface area contributed by atoms with Crippen molar-refractivity contribution in [3.05, 3.63) is 69.0 Å². The Morgan fingerprint density at radius 1 is 1.11 bits per heavy atom. The van der Waals surface area contributed by atoms with Crippen molar-refractivity contribution in [1.82, 2.24) is 9.55 Å². The molecule has 0 spiro atoms. The summed E-state index contributed by atoms with van der Waals surface area (Å²) in [6.07, 6.45) is 0.